The van der Waals surface area contributed by atoms with Crippen molar-refractivity contribution in [3.8, 4) is 0 Å². The second-order valence-electron chi connectivity index (χ2n) is 8.69. The predicted octanol–water partition coefficient (Wildman–Crippen LogP) is 5.74. The minimum absolute atomic E-state index is 0.0940. The minimum Gasteiger partial charge on any atom is -0.294 e. The molecule has 0 aliphatic heterocycles. The molecule has 0 heterocycles. The van der Waals surface area contributed by atoms with Crippen LogP contribution in [0.15, 0.2) is 48.5 Å². The van der Waals surface area contributed by atoms with Gasteiger partial charge in [-0.1, -0.05) is 84.0 Å². The Kier molecular flexibility index (Phi) is 5.31. The van der Waals surface area contributed by atoms with Crippen molar-refractivity contribution in [2.45, 2.75) is 48.0 Å². The first-order valence-electron chi connectivity index (χ1n) is 8.76. The minimum atomic E-state index is -0.457. The summed E-state index contributed by atoms with van der Waals surface area (Å²) in [6.45, 7) is 11.5. The summed E-state index contributed by atoms with van der Waals surface area (Å²) in [5.41, 5.74) is 2.53. The highest BCUT2D eigenvalue weighted by atomic mass is 16.1. The monoisotopic (exact) mass is 336 g/mol. The van der Waals surface area contributed by atoms with E-state index < -0.39 is 10.8 Å². The number of carbonyl (C=O) groups is 2. The zero-order valence-electron chi connectivity index (χ0n) is 16.1. The normalized spacial score (nSPS) is 12.1. The first-order chi connectivity index (χ1) is 11.5. The molecule has 0 aliphatic rings. The van der Waals surface area contributed by atoms with Gasteiger partial charge in [-0.15, -0.1) is 0 Å². The summed E-state index contributed by atoms with van der Waals surface area (Å²) in [7, 11) is 0. The van der Waals surface area contributed by atoms with Crippen molar-refractivity contribution >= 4 is 11.6 Å². The van der Waals surface area contributed by atoms with E-state index in [0.717, 1.165) is 11.1 Å². The van der Waals surface area contributed by atoms with Crippen molar-refractivity contribution in [2.75, 3.05) is 0 Å². The largest absolute Gasteiger partial charge is 0.294 e. The van der Waals surface area contributed by atoms with Gasteiger partial charge in [-0.25, -0.2) is 0 Å². The highest BCUT2D eigenvalue weighted by molar-refractivity contribution is 6.04. The fourth-order valence-electron chi connectivity index (χ4n) is 2.76. The van der Waals surface area contributed by atoms with Crippen LogP contribution in [-0.2, 0) is 6.42 Å². The van der Waals surface area contributed by atoms with E-state index in [0.29, 0.717) is 17.5 Å². The molecular weight excluding hydrogens is 308 g/mol. The fourth-order valence-corrected chi connectivity index (χ4v) is 2.76. The Hall–Kier alpha value is -2.22. The fraction of sp³-hybridized carbons (Fsp3) is 0.391. The number of benzene rings is 2. The lowest BCUT2D eigenvalue weighted by Crippen LogP contribution is -2.23. The molecule has 2 rings (SSSR count). The van der Waals surface area contributed by atoms with Gasteiger partial charge in [0.05, 0.1) is 0 Å². The topological polar surface area (TPSA) is 34.1 Å². The van der Waals surface area contributed by atoms with Gasteiger partial charge in [-0.2, -0.15) is 0 Å². The summed E-state index contributed by atoms with van der Waals surface area (Å²) in [6.07, 6.45) is 0.642. The van der Waals surface area contributed by atoms with Crippen molar-refractivity contribution in [3.05, 3.63) is 70.8 Å². The number of hydrogen-bond acceptors (Lipinski definition) is 2. The predicted molar refractivity (Wildman–Crippen MR) is 103 cm³/mol. The molecule has 2 aromatic rings. The molecular formula is C23H28O2. The SMILES string of the molecule is CC(C)(C)C(=O)c1ccc(C(=O)C(C)(C)C)c(Cc2ccccc2)c1. The lowest BCUT2D eigenvalue weighted by molar-refractivity contribution is 0.0847. The van der Waals surface area contributed by atoms with E-state index in [4.69, 9.17) is 0 Å². The van der Waals surface area contributed by atoms with Crippen molar-refractivity contribution in [1.82, 2.24) is 0 Å². The summed E-state index contributed by atoms with van der Waals surface area (Å²) in [5.74, 6) is 0.199. The van der Waals surface area contributed by atoms with Gasteiger partial charge in [0.1, 0.15) is 0 Å². The number of hydrogen-bond donors (Lipinski definition) is 0. The van der Waals surface area contributed by atoms with Crippen LogP contribution in [0.4, 0.5) is 0 Å². The lowest BCUT2D eigenvalue weighted by Gasteiger charge is -2.21. The Morgan fingerprint density at radius 1 is 0.760 bits per heavy atom. The van der Waals surface area contributed by atoms with Crippen LogP contribution >= 0.6 is 0 Å². The third-order valence-corrected chi connectivity index (χ3v) is 4.21. The van der Waals surface area contributed by atoms with Crippen LogP contribution in [0, 0.1) is 10.8 Å². The molecule has 0 saturated carbocycles. The summed E-state index contributed by atoms with van der Waals surface area (Å²) in [6, 6.07) is 15.6. The molecule has 0 aliphatic carbocycles. The van der Waals surface area contributed by atoms with Gasteiger partial charge in [-0.3, -0.25) is 9.59 Å². The number of carbonyl (C=O) groups excluding carboxylic acids is 2. The molecule has 0 aromatic heterocycles. The molecule has 0 bridgehead atoms. The summed E-state index contributed by atoms with van der Waals surface area (Å²) in [4.78, 5) is 25.5. The van der Waals surface area contributed by atoms with E-state index in [2.05, 4.69) is 0 Å². The maximum absolute atomic E-state index is 12.9. The first kappa shape index (κ1) is 19.1. The van der Waals surface area contributed by atoms with Gasteiger partial charge in [0.2, 0.25) is 0 Å². The van der Waals surface area contributed by atoms with Gasteiger partial charge in [0.25, 0.3) is 0 Å². The summed E-state index contributed by atoms with van der Waals surface area (Å²) < 4.78 is 0. The molecule has 25 heavy (non-hydrogen) atoms. The maximum atomic E-state index is 12.9. The molecule has 0 amide bonds. The van der Waals surface area contributed by atoms with Crippen molar-refractivity contribution < 1.29 is 9.59 Å². The van der Waals surface area contributed by atoms with Crippen LogP contribution in [0.3, 0.4) is 0 Å². The molecule has 0 fully saturated rings. The molecule has 0 unspecified atom stereocenters. The zero-order valence-corrected chi connectivity index (χ0v) is 16.1. The third-order valence-electron chi connectivity index (χ3n) is 4.21. The van der Waals surface area contributed by atoms with E-state index in [9.17, 15) is 9.59 Å². The Morgan fingerprint density at radius 2 is 1.32 bits per heavy atom. The van der Waals surface area contributed by atoms with Crippen LogP contribution in [0.25, 0.3) is 0 Å². The third kappa shape index (κ3) is 4.66. The van der Waals surface area contributed by atoms with Gasteiger partial charge < -0.3 is 0 Å². The molecule has 0 radical (unpaired) electrons. The highest BCUT2D eigenvalue weighted by Gasteiger charge is 2.27. The zero-order chi connectivity index (χ0) is 18.8. The van der Waals surface area contributed by atoms with Crippen LogP contribution in [0.5, 0.6) is 0 Å². The smallest absolute Gasteiger partial charge is 0.168 e. The molecule has 0 N–H and O–H groups in total. The molecule has 2 aromatic carbocycles. The van der Waals surface area contributed by atoms with E-state index in [1.165, 1.54) is 0 Å². The second-order valence-corrected chi connectivity index (χ2v) is 8.69. The second kappa shape index (κ2) is 6.95. The van der Waals surface area contributed by atoms with Crippen LogP contribution in [0.1, 0.15) is 73.4 Å². The van der Waals surface area contributed by atoms with E-state index in [1.807, 2.05) is 84.0 Å². The Bertz CT molecular complexity index is 772. The van der Waals surface area contributed by atoms with Crippen LogP contribution < -0.4 is 0 Å². The van der Waals surface area contributed by atoms with Gasteiger partial charge in [-0.05, 0) is 23.6 Å². The van der Waals surface area contributed by atoms with E-state index >= 15 is 0 Å². The van der Waals surface area contributed by atoms with Gasteiger partial charge in [0, 0.05) is 22.0 Å². The quantitative estimate of drug-likeness (QED) is 0.668. The molecule has 2 heteroatoms. The molecule has 0 saturated heterocycles. The lowest BCUT2D eigenvalue weighted by atomic mass is 9.81. The number of Topliss-reactive ketones (excluding diaryl/α,β-unsaturated/α-hetero) is 2. The van der Waals surface area contributed by atoms with Crippen molar-refractivity contribution in [2.24, 2.45) is 10.8 Å². The molecule has 0 spiro atoms. The Labute approximate surface area is 151 Å². The number of rotatable bonds is 4. The van der Waals surface area contributed by atoms with E-state index in [1.54, 1.807) is 6.07 Å². The van der Waals surface area contributed by atoms with E-state index in [-0.39, 0.29) is 11.6 Å². The summed E-state index contributed by atoms with van der Waals surface area (Å²) >= 11 is 0. The highest BCUT2D eigenvalue weighted by Crippen LogP contribution is 2.28. The van der Waals surface area contributed by atoms with Crippen LogP contribution in [0.2, 0.25) is 0 Å². The standard InChI is InChI=1S/C23H28O2/c1-22(2,3)20(24)17-12-13-19(21(25)23(4,5)6)18(15-17)14-16-10-8-7-9-11-16/h7-13,15H,14H2,1-6H3. The van der Waals surface area contributed by atoms with Crippen molar-refractivity contribution in [1.29, 1.82) is 0 Å². The van der Waals surface area contributed by atoms with Crippen molar-refractivity contribution in [3.63, 3.8) is 0 Å². The Morgan fingerprint density at radius 3 is 1.84 bits per heavy atom. The van der Waals surface area contributed by atoms with Gasteiger partial charge >= 0.3 is 0 Å². The summed E-state index contributed by atoms with van der Waals surface area (Å²) in [5, 5.41) is 0. The van der Waals surface area contributed by atoms with Gasteiger partial charge in [0.15, 0.2) is 11.6 Å². The molecule has 2 nitrogen and oxygen atoms in total. The maximum Gasteiger partial charge on any atom is 0.168 e. The number of ketones is 2. The molecule has 132 valence electrons. The first-order valence-corrected chi connectivity index (χ1v) is 8.76. The average molecular weight is 336 g/mol. The Balaban J connectivity index is 2.53. The average Bonchev–Trinajstić information content (AvgIpc) is 2.52. The molecule has 0 atom stereocenters. The van der Waals surface area contributed by atoms with Crippen LogP contribution in [-0.4, -0.2) is 11.6 Å².